The molecule has 0 spiro atoms. The number of nitrogens with zero attached hydrogens (tertiary/aromatic N) is 1. The summed E-state index contributed by atoms with van der Waals surface area (Å²) >= 11 is 1.24. The first kappa shape index (κ1) is 16.8. The molecule has 0 aromatic rings. The molecule has 1 aliphatic heterocycles. The number of amides is 3. The van der Waals surface area contributed by atoms with Crippen molar-refractivity contribution in [3.05, 3.63) is 0 Å². The number of likely N-dealkylation sites (tertiary alicyclic amines) is 1. The van der Waals surface area contributed by atoms with Crippen LogP contribution in [0.25, 0.3) is 0 Å². The molecule has 3 N–H and O–H groups in total. The van der Waals surface area contributed by atoms with E-state index in [1.54, 1.807) is 11.9 Å². The molecular weight excluding hydrogens is 282 g/mol. The lowest BCUT2D eigenvalue weighted by Gasteiger charge is -2.29. The Morgan fingerprint density at radius 1 is 1.40 bits per heavy atom. The van der Waals surface area contributed by atoms with Gasteiger partial charge in [0, 0.05) is 26.7 Å². The highest BCUT2D eigenvalue weighted by Gasteiger charge is 2.26. The fraction of sp³-hybridized carbons (Fsp3) is 0.750. The van der Waals surface area contributed by atoms with E-state index in [1.165, 1.54) is 11.8 Å². The minimum absolute atomic E-state index is 0.115. The van der Waals surface area contributed by atoms with Gasteiger partial charge in [-0.1, -0.05) is 0 Å². The second-order valence-corrected chi connectivity index (χ2v) is 5.48. The first-order valence-corrected chi connectivity index (χ1v) is 7.72. The molecule has 0 unspecified atom stereocenters. The maximum Gasteiger partial charge on any atom is 0.251 e. The Kier molecular flexibility index (Phi) is 7.38. The van der Waals surface area contributed by atoms with Gasteiger partial charge in [-0.2, -0.15) is 0 Å². The molecule has 1 fully saturated rings. The van der Waals surface area contributed by atoms with Gasteiger partial charge in [0.05, 0.1) is 11.5 Å². The minimum Gasteiger partial charge on any atom is -0.383 e. The first-order chi connectivity index (χ1) is 9.54. The summed E-state index contributed by atoms with van der Waals surface area (Å²) in [5, 5.41) is 14.6. The molecule has 1 rings (SSSR count). The Balaban J connectivity index is 2.12. The zero-order chi connectivity index (χ0) is 15.0. The second-order valence-electron chi connectivity index (χ2n) is 4.50. The monoisotopic (exact) mass is 303 g/mol. The molecular formula is C12H21N3O4S. The van der Waals surface area contributed by atoms with Crippen LogP contribution >= 0.6 is 11.8 Å². The van der Waals surface area contributed by atoms with Crippen molar-refractivity contribution < 1.29 is 19.5 Å². The van der Waals surface area contributed by atoms with Crippen molar-refractivity contribution in [2.75, 3.05) is 38.2 Å². The van der Waals surface area contributed by atoms with Crippen LogP contribution in [0.5, 0.6) is 0 Å². The van der Waals surface area contributed by atoms with E-state index in [-0.39, 0.29) is 29.2 Å². The van der Waals surface area contributed by atoms with Crippen molar-refractivity contribution in [3.63, 3.8) is 0 Å². The van der Waals surface area contributed by atoms with Crippen molar-refractivity contribution >= 4 is 29.5 Å². The summed E-state index contributed by atoms with van der Waals surface area (Å²) in [6.45, 7) is 1.39. The number of rotatable bonds is 7. The van der Waals surface area contributed by atoms with Crippen LogP contribution in [0.1, 0.15) is 12.8 Å². The number of hydrogen-bond donors (Lipinski definition) is 3. The maximum absolute atomic E-state index is 11.6. The molecule has 0 aliphatic carbocycles. The quantitative estimate of drug-likeness (QED) is 0.535. The van der Waals surface area contributed by atoms with Gasteiger partial charge < -0.3 is 20.6 Å². The lowest BCUT2D eigenvalue weighted by atomic mass is 10.1. The predicted molar refractivity (Wildman–Crippen MR) is 76.2 cm³/mol. The number of piperidine rings is 1. The van der Waals surface area contributed by atoms with Gasteiger partial charge in [0.1, 0.15) is 6.10 Å². The van der Waals surface area contributed by atoms with E-state index in [0.717, 1.165) is 6.42 Å². The zero-order valence-corrected chi connectivity index (χ0v) is 12.4. The van der Waals surface area contributed by atoms with E-state index in [0.29, 0.717) is 26.1 Å². The highest BCUT2D eigenvalue weighted by atomic mass is 32.2. The Morgan fingerprint density at radius 2 is 2.10 bits per heavy atom. The van der Waals surface area contributed by atoms with Gasteiger partial charge in [0.15, 0.2) is 0 Å². The van der Waals surface area contributed by atoms with Gasteiger partial charge in [0.25, 0.3) is 5.91 Å². The van der Waals surface area contributed by atoms with Crippen molar-refractivity contribution in [1.82, 2.24) is 15.5 Å². The van der Waals surface area contributed by atoms with Gasteiger partial charge >= 0.3 is 0 Å². The Morgan fingerprint density at radius 3 is 2.80 bits per heavy atom. The molecule has 3 amide bonds. The molecule has 8 heteroatoms. The van der Waals surface area contributed by atoms with Crippen LogP contribution in [0.2, 0.25) is 0 Å². The summed E-state index contributed by atoms with van der Waals surface area (Å²) in [7, 11) is 1.55. The average Bonchev–Trinajstić information content (AvgIpc) is 2.43. The van der Waals surface area contributed by atoms with Crippen LogP contribution in [0.3, 0.4) is 0 Å². The van der Waals surface area contributed by atoms with Gasteiger partial charge in [0.2, 0.25) is 11.8 Å². The average molecular weight is 303 g/mol. The summed E-state index contributed by atoms with van der Waals surface area (Å²) in [4.78, 5) is 35.6. The van der Waals surface area contributed by atoms with Crippen molar-refractivity contribution in [1.29, 1.82) is 0 Å². The molecule has 114 valence electrons. The number of aliphatic hydroxyl groups excluding tert-OH is 1. The van der Waals surface area contributed by atoms with Gasteiger partial charge in [-0.05, 0) is 12.8 Å². The number of aliphatic hydroxyl groups is 1. The lowest BCUT2D eigenvalue weighted by Crippen LogP contribution is -2.47. The van der Waals surface area contributed by atoms with E-state index in [2.05, 4.69) is 10.6 Å². The van der Waals surface area contributed by atoms with Crippen LogP contribution in [0.4, 0.5) is 0 Å². The Labute approximate surface area is 122 Å². The molecule has 0 aromatic carbocycles. The normalized spacial score (nSPS) is 18.8. The van der Waals surface area contributed by atoms with E-state index in [4.69, 9.17) is 0 Å². The summed E-state index contributed by atoms with van der Waals surface area (Å²) < 4.78 is 0. The third kappa shape index (κ3) is 5.79. The summed E-state index contributed by atoms with van der Waals surface area (Å²) in [5.74, 6) is -0.0795. The van der Waals surface area contributed by atoms with Gasteiger partial charge in [-0.25, -0.2) is 0 Å². The van der Waals surface area contributed by atoms with Gasteiger partial charge in [-0.3, -0.25) is 14.4 Å². The largest absolute Gasteiger partial charge is 0.383 e. The van der Waals surface area contributed by atoms with E-state index < -0.39 is 6.10 Å². The molecule has 1 atom stereocenters. The fourth-order valence-corrected chi connectivity index (χ4v) is 2.55. The van der Waals surface area contributed by atoms with Crippen LogP contribution in [0.15, 0.2) is 0 Å². The predicted octanol–water partition coefficient (Wildman–Crippen LogP) is -1.43. The lowest BCUT2D eigenvalue weighted by molar-refractivity contribution is -0.143. The van der Waals surface area contributed by atoms with E-state index >= 15 is 0 Å². The molecule has 0 saturated carbocycles. The maximum atomic E-state index is 11.6. The number of thioether (sulfide) groups is 1. The second kappa shape index (κ2) is 8.80. The molecule has 1 aliphatic rings. The minimum atomic E-state index is -0.900. The third-order valence-electron chi connectivity index (χ3n) is 2.95. The zero-order valence-electron chi connectivity index (χ0n) is 11.6. The fourth-order valence-electron chi connectivity index (χ4n) is 1.83. The van der Waals surface area contributed by atoms with E-state index in [1.807, 2.05) is 0 Å². The van der Waals surface area contributed by atoms with Crippen molar-refractivity contribution in [2.24, 2.45) is 0 Å². The van der Waals surface area contributed by atoms with Crippen LogP contribution in [0, 0.1) is 0 Å². The van der Waals surface area contributed by atoms with Crippen molar-refractivity contribution in [3.8, 4) is 0 Å². The summed E-state index contributed by atoms with van der Waals surface area (Å²) in [6, 6.07) is 0. The topological polar surface area (TPSA) is 98.7 Å². The van der Waals surface area contributed by atoms with Crippen LogP contribution < -0.4 is 10.6 Å². The molecule has 0 bridgehead atoms. The van der Waals surface area contributed by atoms with Crippen LogP contribution in [-0.4, -0.2) is 72.0 Å². The summed E-state index contributed by atoms with van der Waals surface area (Å²) in [6.07, 6.45) is 0.392. The molecule has 20 heavy (non-hydrogen) atoms. The molecule has 1 heterocycles. The Bertz CT molecular complexity index is 365. The Hall–Kier alpha value is -1.28. The molecule has 0 aromatic heterocycles. The SMILES string of the molecule is CNC(=O)CSCC(=O)NCCN1CCC[C@@H](O)C1=O. The van der Waals surface area contributed by atoms with E-state index in [9.17, 15) is 19.5 Å². The van der Waals surface area contributed by atoms with Gasteiger partial charge in [-0.15, -0.1) is 11.8 Å². The number of nitrogens with one attached hydrogen (secondary N) is 2. The number of carbonyl (C=O) groups is 3. The standard InChI is InChI=1S/C12H21N3O4S/c1-13-10(17)7-20-8-11(18)14-4-6-15-5-2-3-9(16)12(15)19/h9,16H,2-8H2,1H3,(H,13,17)(H,14,18)/t9-/m1/s1. The smallest absolute Gasteiger partial charge is 0.251 e. The number of hydrogen-bond acceptors (Lipinski definition) is 5. The highest BCUT2D eigenvalue weighted by molar-refractivity contribution is 8.00. The van der Waals surface area contributed by atoms with Crippen LogP contribution in [-0.2, 0) is 14.4 Å². The summed E-state index contributed by atoms with van der Waals surface area (Å²) in [5.41, 5.74) is 0. The molecule has 7 nitrogen and oxygen atoms in total. The molecule has 0 radical (unpaired) electrons. The van der Waals surface area contributed by atoms with Crippen molar-refractivity contribution in [2.45, 2.75) is 18.9 Å². The number of carbonyl (C=O) groups excluding carboxylic acids is 3. The first-order valence-electron chi connectivity index (χ1n) is 6.56. The third-order valence-corrected chi connectivity index (χ3v) is 3.88. The highest BCUT2D eigenvalue weighted by Crippen LogP contribution is 2.10. The molecule has 1 saturated heterocycles.